The van der Waals surface area contributed by atoms with Crippen molar-refractivity contribution in [3.05, 3.63) is 90.0 Å². The third-order valence-corrected chi connectivity index (χ3v) is 5.44. The minimum Gasteiger partial charge on any atom is -0.497 e. The highest BCUT2D eigenvalue weighted by atomic mass is 16.5. The first-order valence-electron chi connectivity index (χ1n) is 10.3. The molecule has 2 aromatic heterocycles. The molecule has 0 saturated carbocycles. The molecular weight excluding hydrogens is 390 g/mol. The number of ether oxygens (including phenoxy) is 1. The summed E-state index contributed by atoms with van der Waals surface area (Å²) in [7, 11) is 3.56. The van der Waals surface area contributed by atoms with Crippen LogP contribution in [0.1, 0.15) is 22.8 Å². The van der Waals surface area contributed by atoms with Crippen molar-refractivity contribution < 1.29 is 13.9 Å². The van der Waals surface area contributed by atoms with Crippen LogP contribution >= 0.6 is 0 Å². The van der Waals surface area contributed by atoms with Crippen LogP contribution in [0, 0.1) is 0 Å². The summed E-state index contributed by atoms with van der Waals surface area (Å²) in [6.07, 6.45) is 3.68. The van der Waals surface area contributed by atoms with Gasteiger partial charge in [0.25, 0.3) is 0 Å². The lowest BCUT2D eigenvalue weighted by Gasteiger charge is -2.20. The normalized spacial score (nSPS) is 12.2. The monoisotopic (exact) mass is 417 g/mol. The summed E-state index contributed by atoms with van der Waals surface area (Å²) in [6, 6.07) is 20.0. The first-order chi connectivity index (χ1) is 15.1. The van der Waals surface area contributed by atoms with Crippen LogP contribution in [0.25, 0.3) is 10.9 Å². The maximum Gasteiger partial charge on any atom is 0.234 e. The molecule has 0 unspecified atom stereocenters. The van der Waals surface area contributed by atoms with Gasteiger partial charge in [0.15, 0.2) is 0 Å². The topological polar surface area (TPSA) is 70.5 Å². The van der Waals surface area contributed by atoms with Crippen molar-refractivity contribution in [3.63, 3.8) is 0 Å². The lowest BCUT2D eigenvalue weighted by molar-refractivity contribution is -0.122. The number of hydrogen-bond donors (Lipinski definition) is 2. The van der Waals surface area contributed by atoms with E-state index in [1.165, 1.54) is 0 Å². The Morgan fingerprint density at radius 3 is 2.68 bits per heavy atom. The van der Waals surface area contributed by atoms with Crippen molar-refractivity contribution in [1.82, 2.24) is 15.2 Å². The molecule has 6 heteroatoms. The van der Waals surface area contributed by atoms with Gasteiger partial charge in [0, 0.05) is 29.6 Å². The predicted octanol–water partition coefficient (Wildman–Crippen LogP) is 4.15. The minimum absolute atomic E-state index is 0.0152. The minimum atomic E-state index is -0.0209. The van der Waals surface area contributed by atoms with Gasteiger partial charge >= 0.3 is 0 Å². The molecule has 31 heavy (non-hydrogen) atoms. The fourth-order valence-corrected chi connectivity index (χ4v) is 3.87. The van der Waals surface area contributed by atoms with Gasteiger partial charge in [0.1, 0.15) is 11.5 Å². The fraction of sp³-hybridized carbons (Fsp3) is 0.240. The average Bonchev–Trinajstić information content (AvgIpc) is 3.44. The van der Waals surface area contributed by atoms with Crippen molar-refractivity contribution in [2.45, 2.75) is 12.5 Å². The van der Waals surface area contributed by atoms with E-state index in [0.29, 0.717) is 19.6 Å². The predicted molar refractivity (Wildman–Crippen MR) is 121 cm³/mol. The second-order valence-electron chi connectivity index (χ2n) is 7.67. The summed E-state index contributed by atoms with van der Waals surface area (Å²) in [4.78, 5) is 17.9. The van der Waals surface area contributed by atoms with Gasteiger partial charge in [-0.25, -0.2) is 0 Å². The van der Waals surface area contributed by atoms with E-state index in [-0.39, 0.29) is 11.8 Å². The summed E-state index contributed by atoms with van der Waals surface area (Å²) in [6.45, 7) is 1.39. The highest BCUT2D eigenvalue weighted by molar-refractivity contribution is 5.84. The number of amides is 1. The number of H-pyrrole nitrogens is 1. The molecule has 0 fully saturated rings. The number of methoxy groups -OCH3 is 1. The van der Waals surface area contributed by atoms with Crippen molar-refractivity contribution in [2.75, 3.05) is 27.2 Å². The van der Waals surface area contributed by atoms with E-state index in [4.69, 9.17) is 9.15 Å². The molecule has 0 aliphatic heterocycles. The van der Waals surface area contributed by atoms with Crippen molar-refractivity contribution >= 4 is 16.8 Å². The number of rotatable bonds is 9. The number of carbonyl (C=O) groups excluding carboxylic acids is 1. The molecule has 4 rings (SSSR count). The van der Waals surface area contributed by atoms with Crippen LogP contribution in [0.3, 0.4) is 0 Å². The molecule has 0 aliphatic rings. The lowest BCUT2D eigenvalue weighted by atomic mass is 9.90. The lowest BCUT2D eigenvalue weighted by Crippen LogP contribution is -2.37. The molecule has 0 aliphatic carbocycles. The van der Waals surface area contributed by atoms with Gasteiger partial charge in [-0.15, -0.1) is 0 Å². The summed E-state index contributed by atoms with van der Waals surface area (Å²) in [5.74, 6) is 1.64. The molecule has 2 N–H and O–H groups in total. The molecule has 1 atom stereocenters. The number of aromatic nitrogens is 1. The van der Waals surface area contributed by atoms with Gasteiger partial charge < -0.3 is 19.5 Å². The van der Waals surface area contributed by atoms with Crippen molar-refractivity contribution in [3.8, 4) is 5.75 Å². The highest BCUT2D eigenvalue weighted by Gasteiger charge is 2.20. The maximum atomic E-state index is 12.6. The van der Waals surface area contributed by atoms with Crippen LogP contribution in [-0.4, -0.2) is 43.0 Å². The molecule has 0 bridgehead atoms. The van der Waals surface area contributed by atoms with Crippen LogP contribution in [0.2, 0.25) is 0 Å². The number of likely N-dealkylation sites (N-methyl/N-ethyl adjacent to an activating group) is 1. The largest absolute Gasteiger partial charge is 0.497 e. The first kappa shape index (κ1) is 20.8. The average molecular weight is 418 g/mol. The Bertz CT molecular complexity index is 1120. The van der Waals surface area contributed by atoms with E-state index < -0.39 is 0 Å². The zero-order valence-electron chi connectivity index (χ0n) is 17.8. The Kier molecular flexibility index (Phi) is 6.38. The second-order valence-corrected chi connectivity index (χ2v) is 7.67. The van der Waals surface area contributed by atoms with Crippen molar-refractivity contribution in [2.24, 2.45) is 0 Å². The molecule has 6 nitrogen and oxygen atoms in total. The number of nitrogens with one attached hydrogen (secondary N) is 2. The highest BCUT2D eigenvalue weighted by Crippen LogP contribution is 2.31. The molecule has 2 heterocycles. The van der Waals surface area contributed by atoms with Gasteiger partial charge in [0.2, 0.25) is 5.91 Å². The van der Waals surface area contributed by atoms with Crippen LogP contribution in [0.4, 0.5) is 0 Å². The maximum absolute atomic E-state index is 12.6. The van der Waals surface area contributed by atoms with Gasteiger partial charge in [-0.3, -0.25) is 9.69 Å². The first-order valence-corrected chi connectivity index (χ1v) is 10.3. The van der Waals surface area contributed by atoms with Crippen LogP contribution in [0.5, 0.6) is 5.75 Å². The summed E-state index contributed by atoms with van der Waals surface area (Å²) in [5, 5.41) is 4.28. The van der Waals surface area contributed by atoms with E-state index in [1.54, 1.807) is 13.4 Å². The number of para-hydroxylation sites is 1. The number of carbonyl (C=O) groups is 1. The third kappa shape index (κ3) is 4.98. The van der Waals surface area contributed by atoms with Gasteiger partial charge in [0.05, 0.1) is 26.5 Å². The number of furan rings is 1. The third-order valence-electron chi connectivity index (χ3n) is 5.44. The summed E-state index contributed by atoms with van der Waals surface area (Å²) < 4.78 is 10.7. The molecule has 4 aromatic rings. The van der Waals surface area contributed by atoms with Crippen LogP contribution < -0.4 is 10.1 Å². The molecule has 160 valence electrons. The zero-order valence-corrected chi connectivity index (χ0v) is 17.8. The smallest absolute Gasteiger partial charge is 0.234 e. The van der Waals surface area contributed by atoms with E-state index in [9.17, 15) is 4.79 Å². The number of benzene rings is 2. The summed E-state index contributed by atoms with van der Waals surface area (Å²) >= 11 is 0. The quantitative estimate of drug-likeness (QED) is 0.429. The molecule has 1 amide bonds. The molecule has 2 aromatic carbocycles. The zero-order chi connectivity index (χ0) is 21.6. The standard InChI is InChI=1S/C25H27N3O3/c1-28(16-20-6-5-13-31-20)17-25(29)27-14-22(18-9-11-19(30-2)12-10-18)23-15-26-24-8-4-3-7-21(23)24/h3-13,15,22,26H,14,16-17H2,1-2H3,(H,27,29)/t22-/m1/s1. The molecule has 0 spiro atoms. The SMILES string of the molecule is COc1ccc([C@@H](CNC(=O)CN(C)Cc2ccco2)c2c[nH]c3ccccc23)cc1. The van der Waals surface area contributed by atoms with E-state index >= 15 is 0 Å². The molecule has 0 saturated heterocycles. The van der Waals surface area contributed by atoms with Crippen LogP contribution in [0.15, 0.2) is 77.5 Å². The number of aromatic amines is 1. The van der Waals surface area contributed by atoms with E-state index in [0.717, 1.165) is 33.5 Å². The van der Waals surface area contributed by atoms with Gasteiger partial charge in [-0.1, -0.05) is 30.3 Å². The van der Waals surface area contributed by atoms with Gasteiger partial charge in [-0.2, -0.15) is 0 Å². The summed E-state index contributed by atoms with van der Waals surface area (Å²) in [5.41, 5.74) is 3.36. The van der Waals surface area contributed by atoms with E-state index in [2.05, 4.69) is 34.6 Å². The van der Waals surface area contributed by atoms with Gasteiger partial charge in [-0.05, 0) is 48.5 Å². The Morgan fingerprint density at radius 1 is 1.13 bits per heavy atom. The Balaban J connectivity index is 1.49. The number of fused-ring (bicyclic) bond motifs is 1. The number of hydrogen-bond acceptors (Lipinski definition) is 4. The Labute approximate surface area is 181 Å². The van der Waals surface area contributed by atoms with Crippen LogP contribution in [-0.2, 0) is 11.3 Å². The molecule has 0 radical (unpaired) electrons. The fourth-order valence-electron chi connectivity index (χ4n) is 3.87. The van der Waals surface area contributed by atoms with Crippen molar-refractivity contribution in [1.29, 1.82) is 0 Å². The Morgan fingerprint density at radius 2 is 1.94 bits per heavy atom. The Hall–Kier alpha value is -3.51. The van der Waals surface area contributed by atoms with E-state index in [1.807, 2.05) is 54.5 Å². The molecular formula is C25H27N3O3. The second kappa shape index (κ2) is 9.53. The number of nitrogens with zero attached hydrogens (tertiary/aromatic N) is 1.